The van der Waals surface area contributed by atoms with E-state index < -0.39 is 6.03 Å². The van der Waals surface area contributed by atoms with Crippen LogP contribution < -0.4 is 11.2 Å². The molecule has 0 aromatic heterocycles. The summed E-state index contributed by atoms with van der Waals surface area (Å²) in [6.45, 7) is 2.14. The summed E-state index contributed by atoms with van der Waals surface area (Å²) in [5.41, 5.74) is 11.6. The predicted molar refractivity (Wildman–Crippen MR) is 81.6 cm³/mol. The maximum absolute atomic E-state index is 10.5. The van der Waals surface area contributed by atoms with Crippen molar-refractivity contribution in [2.45, 2.75) is 13.3 Å². The third kappa shape index (κ3) is 3.68. The summed E-state index contributed by atoms with van der Waals surface area (Å²) in [6, 6.07) is 15.7. The minimum Gasteiger partial charge on any atom is -0.350 e. The third-order valence-corrected chi connectivity index (χ3v) is 2.97. The van der Waals surface area contributed by atoms with Crippen LogP contribution in [0, 0.1) is 0 Å². The van der Waals surface area contributed by atoms with Gasteiger partial charge in [-0.2, -0.15) is 5.10 Å². The Kier molecular flexibility index (Phi) is 4.50. The lowest BCUT2D eigenvalue weighted by Crippen LogP contribution is -2.24. The van der Waals surface area contributed by atoms with Crippen molar-refractivity contribution in [3.63, 3.8) is 0 Å². The highest BCUT2D eigenvalue weighted by Crippen LogP contribution is 2.20. The number of carbonyl (C=O) groups is 1. The minimum atomic E-state index is -0.674. The normalized spacial score (nSPS) is 10.7. The number of nitrogens with zero attached hydrogens (tertiary/aromatic N) is 1. The second kappa shape index (κ2) is 6.52. The molecule has 2 amide bonds. The smallest absolute Gasteiger partial charge is 0.332 e. The second-order valence-corrected chi connectivity index (χ2v) is 4.41. The Morgan fingerprint density at radius 1 is 1.20 bits per heavy atom. The Labute approximate surface area is 118 Å². The Morgan fingerprint density at radius 3 is 2.60 bits per heavy atom. The number of primary amides is 1. The lowest BCUT2D eigenvalue weighted by molar-refractivity contribution is 0.249. The standard InChI is InChI=1S/C16H17N3O/c1-2-12-6-8-14(9-7-12)15-5-3-4-13(10-15)11-18-19-16(17)20/h3-11H,2H2,1H3,(H3,17,19,20). The van der Waals surface area contributed by atoms with E-state index in [4.69, 9.17) is 5.73 Å². The largest absolute Gasteiger partial charge is 0.350 e. The fourth-order valence-electron chi connectivity index (χ4n) is 1.90. The maximum atomic E-state index is 10.5. The molecule has 0 aliphatic carbocycles. The fourth-order valence-corrected chi connectivity index (χ4v) is 1.90. The van der Waals surface area contributed by atoms with Gasteiger partial charge in [0.1, 0.15) is 0 Å². The van der Waals surface area contributed by atoms with E-state index in [-0.39, 0.29) is 0 Å². The van der Waals surface area contributed by atoms with Crippen molar-refractivity contribution in [1.29, 1.82) is 0 Å². The van der Waals surface area contributed by atoms with Crippen LogP contribution in [0.4, 0.5) is 4.79 Å². The highest BCUT2D eigenvalue weighted by Gasteiger charge is 1.98. The maximum Gasteiger partial charge on any atom is 0.332 e. The molecule has 2 aromatic rings. The summed E-state index contributed by atoms with van der Waals surface area (Å²) < 4.78 is 0. The van der Waals surface area contributed by atoms with Gasteiger partial charge in [0.05, 0.1) is 6.21 Å². The molecule has 0 saturated heterocycles. The van der Waals surface area contributed by atoms with Crippen molar-refractivity contribution in [3.05, 3.63) is 59.7 Å². The van der Waals surface area contributed by atoms with Gasteiger partial charge in [-0.3, -0.25) is 0 Å². The van der Waals surface area contributed by atoms with E-state index in [0.29, 0.717) is 0 Å². The van der Waals surface area contributed by atoms with Crippen LogP contribution in [-0.4, -0.2) is 12.2 Å². The van der Waals surface area contributed by atoms with E-state index in [9.17, 15) is 4.79 Å². The molecule has 3 N–H and O–H groups in total. The molecule has 4 nitrogen and oxygen atoms in total. The lowest BCUT2D eigenvalue weighted by atomic mass is 10.0. The van der Waals surface area contributed by atoms with Crippen molar-refractivity contribution in [1.82, 2.24) is 5.43 Å². The summed E-state index contributed by atoms with van der Waals surface area (Å²) in [5, 5.41) is 3.75. The number of benzene rings is 2. The molecule has 102 valence electrons. The van der Waals surface area contributed by atoms with E-state index in [2.05, 4.69) is 41.7 Å². The van der Waals surface area contributed by atoms with Gasteiger partial charge in [0.25, 0.3) is 0 Å². The monoisotopic (exact) mass is 267 g/mol. The lowest BCUT2D eigenvalue weighted by Gasteiger charge is -2.04. The number of nitrogens with one attached hydrogen (secondary N) is 1. The first-order valence-corrected chi connectivity index (χ1v) is 6.47. The summed E-state index contributed by atoms with van der Waals surface area (Å²) in [7, 11) is 0. The molecule has 2 aromatic carbocycles. The Bertz CT molecular complexity index is 618. The first kappa shape index (κ1) is 13.8. The molecule has 4 heteroatoms. The number of nitrogens with two attached hydrogens (primary N) is 1. The average Bonchev–Trinajstić information content (AvgIpc) is 2.47. The van der Waals surface area contributed by atoms with Crippen molar-refractivity contribution < 1.29 is 4.79 Å². The van der Waals surface area contributed by atoms with Crippen LogP contribution in [0.25, 0.3) is 11.1 Å². The molecule has 0 aliphatic rings. The van der Waals surface area contributed by atoms with Crippen molar-refractivity contribution >= 4 is 12.2 Å². The quantitative estimate of drug-likeness (QED) is 0.649. The number of aryl methyl sites for hydroxylation is 1. The zero-order valence-electron chi connectivity index (χ0n) is 11.3. The number of hydrazone groups is 1. The van der Waals surface area contributed by atoms with Gasteiger partial charge in [-0.15, -0.1) is 0 Å². The van der Waals surface area contributed by atoms with Crippen LogP contribution in [-0.2, 0) is 6.42 Å². The van der Waals surface area contributed by atoms with Gasteiger partial charge < -0.3 is 5.73 Å². The fraction of sp³-hybridized carbons (Fsp3) is 0.125. The molecule has 0 unspecified atom stereocenters. The molecule has 0 heterocycles. The zero-order chi connectivity index (χ0) is 14.4. The van der Waals surface area contributed by atoms with E-state index in [1.165, 1.54) is 5.56 Å². The van der Waals surface area contributed by atoms with Gasteiger partial charge in [0.2, 0.25) is 0 Å². The topological polar surface area (TPSA) is 67.5 Å². The molecule has 0 radical (unpaired) electrons. The molecule has 0 bridgehead atoms. The van der Waals surface area contributed by atoms with Crippen LogP contribution in [0.3, 0.4) is 0 Å². The van der Waals surface area contributed by atoms with E-state index in [1.807, 2.05) is 24.3 Å². The summed E-state index contributed by atoms with van der Waals surface area (Å²) in [6.07, 6.45) is 2.60. The second-order valence-electron chi connectivity index (χ2n) is 4.41. The molecular formula is C16H17N3O. The molecule has 0 spiro atoms. The number of hydrogen-bond donors (Lipinski definition) is 2. The Morgan fingerprint density at radius 2 is 1.95 bits per heavy atom. The predicted octanol–water partition coefficient (Wildman–Crippen LogP) is 2.92. The molecule has 0 atom stereocenters. The van der Waals surface area contributed by atoms with Crippen LogP contribution in [0.2, 0.25) is 0 Å². The van der Waals surface area contributed by atoms with E-state index >= 15 is 0 Å². The Hall–Kier alpha value is -2.62. The van der Waals surface area contributed by atoms with Crippen LogP contribution in [0.5, 0.6) is 0 Å². The zero-order valence-corrected chi connectivity index (χ0v) is 11.3. The molecular weight excluding hydrogens is 250 g/mol. The molecule has 2 rings (SSSR count). The number of hydrogen-bond acceptors (Lipinski definition) is 2. The van der Waals surface area contributed by atoms with E-state index in [1.54, 1.807) is 6.21 Å². The van der Waals surface area contributed by atoms with Gasteiger partial charge in [-0.25, -0.2) is 10.2 Å². The van der Waals surface area contributed by atoms with Gasteiger partial charge in [-0.05, 0) is 34.7 Å². The highest BCUT2D eigenvalue weighted by atomic mass is 16.2. The molecule has 20 heavy (non-hydrogen) atoms. The van der Waals surface area contributed by atoms with Gasteiger partial charge >= 0.3 is 6.03 Å². The minimum absolute atomic E-state index is 0.674. The van der Waals surface area contributed by atoms with Crippen molar-refractivity contribution in [3.8, 4) is 11.1 Å². The van der Waals surface area contributed by atoms with Gasteiger partial charge in [0.15, 0.2) is 0 Å². The van der Waals surface area contributed by atoms with Gasteiger partial charge in [-0.1, -0.05) is 49.4 Å². The van der Waals surface area contributed by atoms with Gasteiger partial charge in [0, 0.05) is 0 Å². The third-order valence-electron chi connectivity index (χ3n) is 2.97. The molecule has 0 saturated carbocycles. The van der Waals surface area contributed by atoms with E-state index in [0.717, 1.165) is 23.1 Å². The molecule has 0 aliphatic heterocycles. The highest BCUT2D eigenvalue weighted by molar-refractivity contribution is 5.83. The first-order valence-electron chi connectivity index (χ1n) is 6.47. The SMILES string of the molecule is CCc1ccc(-c2cccc(C=NNC(N)=O)c2)cc1. The number of amides is 2. The number of carbonyl (C=O) groups excluding carboxylic acids is 1. The molecule has 0 fully saturated rings. The Balaban J connectivity index is 2.20. The van der Waals surface area contributed by atoms with Crippen LogP contribution >= 0.6 is 0 Å². The van der Waals surface area contributed by atoms with Crippen LogP contribution in [0.1, 0.15) is 18.1 Å². The van der Waals surface area contributed by atoms with Crippen LogP contribution in [0.15, 0.2) is 53.6 Å². The van der Waals surface area contributed by atoms with Crippen molar-refractivity contribution in [2.24, 2.45) is 10.8 Å². The number of urea groups is 1. The average molecular weight is 267 g/mol. The summed E-state index contributed by atoms with van der Waals surface area (Å²) in [4.78, 5) is 10.5. The summed E-state index contributed by atoms with van der Waals surface area (Å²) in [5.74, 6) is 0. The number of rotatable bonds is 4. The summed E-state index contributed by atoms with van der Waals surface area (Å²) >= 11 is 0. The van der Waals surface area contributed by atoms with Crippen molar-refractivity contribution in [2.75, 3.05) is 0 Å². The first-order chi connectivity index (χ1) is 9.69.